The summed E-state index contributed by atoms with van der Waals surface area (Å²) in [5.74, 6) is 2.40. The van der Waals surface area contributed by atoms with Crippen LogP contribution < -0.4 is 10.1 Å². The Morgan fingerprint density at radius 1 is 1.33 bits per heavy atom. The minimum atomic E-state index is 0.590. The van der Waals surface area contributed by atoms with Crippen molar-refractivity contribution in [2.75, 3.05) is 18.5 Å². The molecule has 0 amide bonds. The number of rotatable bonds is 6. The fraction of sp³-hybridized carbons (Fsp3) is 0.417. The van der Waals surface area contributed by atoms with Crippen molar-refractivity contribution in [2.45, 2.75) is 13.3 Å². The number of hydrogen-bond donors (Lipinski definition) is 1. The maximum Gasteiger partial charge on any atom is 0.218 e. The van der Waals surface area contributed by atoms with Gasteiger partial charge in [0.05, 0.1) is 6.61 Å². The van der Waals surface area contributed by atoms with Gasteiger partial charge in [-0.15, -0.1) is 0 Å². The molecule has 0 saturated carbocycles. The van der Waals surface area contributed by atoms with Crippen molar-refractivity contribution in [3.63, 3.8) is 0 Å². The summed E-state index contributed by atoms with van der Waals surface area (Å²) < 4.78 is 7.32. The smallest absolute Gasteiger partial charge is 0.218 e. The average molecular weight is 247 g/mol. The summed E-state index contributed by atoms with van der Waals surface area (Å²) in [6.45, 7) is 3.30. The number of ether oxygens (including phenoxy) is 1. The standard InChI is InChI=1S/C12H17N5O/c1-3-18-12-8-10(15-9-16-12)13-5-4-11-14-6-7-17(11)2/h6-9H,3-5H2,1-2H3,(H,13,15,16). The lowest BCUT2D eigenvalue weighted by Gasteiger charge is -2.07. The van der Waals surface area contributed by atoms with Crippen LogP contribution in [0.3, 0.4) is 0 Å². The number of aryl methyl sites for hydroxylation is 1. The van der Waals surface area contributed by atoms with E-state index in [1.54, 1.807) is 12.3 Å². The van der Waals surface area contributed by atoms with Gasteiger partial charge in [-0.2, -0.15) is 0 Å². The molecule has 0 aliphatic carbocycles. The highest BCUT2D eigenvalue weighted by molar-refractivity contribution is 5.37. The van der Waals surface area contributed by atoms with E-state index < -0.39 is 0 Å². The molecule has 0 radical (unpaired) electrons. The largest absolute Gasteiger partial charge is 0.478 e. The Labute approximate surface area is 106 Å². The quantitative estimate of drug-likeness (QED) is 0.832. The molecular formula is C12H17N5O. The van der Waals surface area contributed by atoms with E-state index in [-0.39, 0.29) is 0 Å². The number of hydrogen-bond acceptors (Lipinski definition) is 5. The zero-order chi connectivity index (χ0) is 12.8. The summed E-state index contributed by atoms with van der Waals surface area (Å²) in [6, 6.07) is 1.79. The molecule has 6 nitrogen and oxygen atoms in total. The van der Waals surface area contributed by atoms with E-state index >= 15 is 0 Å². The molecule has 0 atom stereocenters. The number of aromatic nitrogens is 4. The van der Waals surface area contributed by atoms with Gasteiger partial charge in [0, 0.05) is 38.5 Å². The molecule has 0 aliphatic rings. The van der Waals surface area contributed by atoms with E-state index in [0.29, 0.717) is 12.5 Å². The Morgan fingerprint density at radius 3 is 2.94 bits per heavy atom. The highest BCUT2D eigenvalue weighted by Crippen LogP contribution is 2.10. The third-order valence-electron chi connectivity index (χ3n) is 2.51. The zero-order valence-corrected chi connectivity index (χ0v) is 10.6. The normalized spacial score (nSPS) is 10.3. The SMILES string of the molecule is CCOc1cc(NCCc2nccn2C)ncn1. The van der Waals surface area contributed by atoms with Crippen molar-refractivity contribution in [1.29, 1.82) is 0 Å². The molecule has 18 heavy (non-hydrogen) atoms. The van der Waals surface area contributed by atoms with Gasteiger partial charge in [-0.1, -0.05) is 0 Å². The number of imidazole rings is 1. The molecule has 0 saturated heterocycles. The van der Waals surface area contributed by atoms with Crippen LogP contribution in [0.2, 0.25) is 0 Å². The monoisotopic (exact) mass is 247 g/mol. The maximum atomic E-state index is 5.31. The van der Waals surface area contributed by atoms with Gasteiger partial charge in [-0.3, -0.25) is 0 Å². The fourth-order valence-corrected chi connectivity index (χ4v) is 1.60. The van der Waals surface area contributed by atoms with E-state index in [9.17, 15) is 0 Å². The van der Waals surface area contributed by atoms with Gasteiger partial charge < -0.3 is 14.6 Å². The second-order valence-electron chi connectivity index (χ2n) is 3.81. The molecule has 2 aromatic heterocycles. The summed E-state index contributed by atoms with van der Waals surface area (Å²) in [7, 11) is 1.99. The van der Waals surface area contributed by atoms with Crippen molar-refractivity contribution < 1.29 is 4.74 Å². The molecule has 2 aromatic rings. The van der Waals surface area contributed by atoms with E-state index in [4.69, 9.17) is 4.74 Å². The maximum absolute atomic E-state index is 5.31. The van der Waals surface area contributed by atoms with Crippen LogP contribution in [0.4, 0.5) is 5.82 Å². The van der Waals surface area contributed by atoms with Crippen LogP contribution in [-0.2, 0) is 13.5 Å². The summed E-state index contributed by atoms with van der Waals surface area (Å²) >= 11 is 0. The summed E-state index contributed by atoms with van der Waals surface area (Å²) in [5.41, 5.74) is 0. The lowest BCUT2D eigenvalue weighted by Crippen LogP contribution is -2.10. The van der Waals surface area contributed by atoms with Crippen molar-refractivity contribution >= 4 is 5.82 Å². The van der Waals surface area contributed by atoms with Crippen molar-refractivity contribution in [2.24, 2.45) is 7.05 Å². The first-order chi connectivity index (χ1) is 8.79. The third-order valence-corrected chi connectivity index (χ3v) is 2.51. The van der Waals surface area contributed by atoms with Crippen molar-refractivity contribution in [3.05, 3.63) is 30.6 Å². The van der Waals surface area contributed by atoms with Gasteiger partial charge in [0.15, 0.2) is 0 Å². The van der Waals surface area contributed by atoms with E-state index in [1.807, 2.05) is 24.7 Å². The number of nitrogens with zero attached hydrogens (tertiary/aromatic N) is 4. The second-order valence-corrected chi connectivity index (χ2v) is 3.81. The Morgan fingerprint density at radius 2 is 2.22 bits per heavy atom. The molecule has 6 heteroatoms. The van der Waals surface area contributed by atoms with E-state index in [0.717, 1.165) is 24.6 Å². The van der Waals surface area contributed by atoms with Gasteiger partial charge in [-0.05, 0) is 6.92 Å². The molecule has 0 fully saturated rings. The van der Waals surface area contributed by atoms with E-state index in [2.05, 4.69) is 20.3 Å². The van der Waals surface area contributed by atoms with Gasteiger partial charge >= 0.3 is 0 Å². The molecule has 96 valence electrons. The summed E-state index contributed by atoms with van der Waals surface area (Å²) in [5, 5.41) is 3.22. The van der Waals surface area contributed by atoms with Crippen LogP contribution in [-0.4, -0.2) is 32.7 Å². The molecule has 0 spiro atoms. The Bertz CT molecular complexity index is 497. The van der Waals surface area contributed by atoms with Crippen LogP contribution in [0.1, 0.15) is 12.7 Å². The topological polar surface area (TPSA) is 64.9 Å². The molecule has 0 aliphatic heterocycles. The van der Waals surface area contributed by atoms with E-state index in [1.165, 1.54) is 6.33 Å². The third kappa shape index (κ3) is 3.19. The molecule has 1 N–H and O–H groups in total. The van der Waals surface area contributed by atoms with Gasteiger partial charge in [0.25, 0.3) is 0 Å². The molecular weight excluding hydrogens is 230 g/mol. The molecule has 0 aromatic carbocycles. The van der Waals surface area contributed by atoms with Crippen LogP contribution in [0.15, 0.2) is 24.8 Å². The summed E-state index contributed by atoms with van der Waals surface area (Å²) in [6.07, 6.45) is 6.08. The number of anilines is 1. The zero-order valence-electron chi connectivity index (χ0n) is 10.6. The Hall–Kier alpha value is -2.11. The van der Waals surface area contributed by atoms with Crippen LogP contribution in [0.5, 0.6) is 5.88 Å². The predicted molar refractivity (Wildman–Crippen MR) is 68.6 cm³/mol. The van der Waals surface area contributed by atoms with Crippen molar-refractivity contribution in [3.8, 4) is 5.88 Å². The lowest BCUT2D eigenvalue weighted by molar-refractivity contribution is 0.326. The molecule has 0 unspecified atom stereocenters. The highest BCUT2D eigenvalue weighted by atomic mass is 16.5. The van der Waals surface area contributed by atoms with Gasteiger partial charge in [0.2, 0.25) is 5.88 Å². The average Bonchev–Trinajstić information content (AvgIpc) is 2.76. The molecule has 2 rings (SSSR count). The first-order valence-corrected chi connectivity index (χ1v) is 5.94. The van der Waals surface area contributed by atoms with Crippen LogP contribution >= 0.6 is 0 Å². The predicted octanol–water partition coefficient (Wildman–Crippen LogP) is 1.26. The van der Waals surface area contributed by atoms with Crippen LogP contribution in [0.25, 0.3) is 0 Å². The molecule has 0 bridgehead atoms. The number of nitrogens with one attached hydrogen (secondary N) is 1. The Balaban J connectivity index is 1.86. The molecule has 2 heterocycles. The second kappa shape index (κ2) is 6.00. The Kier molecular flexibility index (Phi) is 4.11. The van der Waals surface area contributed by atoms with Crippen LogP contribution in [0, 0.1) is 0 Å². The first-order valence-electron chi connectivity index (χ1n) is 5.94. The first kappa shape index (κ1) is 12.3. The highest BCUT2D eigenvalue weighted by Gasteiger charge is 2.01. The summed E-state index contributed by atoms with van der Waals surface area (Å²) in [4.78, 5) is 12.4. The van der Waals surface area contributed by atoms with Crippen molar-refractivity contribution in [1.82, 2.24) is 19.5 Å². The minimum absolute atomic E-state index is 0.590. The fourth-order valence-electron chi connectivity index (χ4n) is 1.60. The van der Waals surface area contributed by atoms with Gasteiger partial charge in [-0.25, -0.2) is 15.0 Å². The lowest BCUT2D eigenvalue weighted by atomic mass is 10.4. The minimum Gasteiger partial charge on any atom is -0.478 e. The van der Waals surface area contributed by atoms with Gasteiger partial charge in [0.1, 0.15) is 18.0 Å².